The topological polar surface area (TPSA) is 47.6 Å². The zero-order valence-electron chi connectivity index (χ0n) is 8.49. The van der Waals surface area contributed by atoms with Crippen LogP contribution in [-0.4, -0.2) is 19.3 Å². The molecule has 1 aliphatic rings. The Morgan fingerprint density at radius 3 is 2.93 bits per heavy atom. The van der Waals surface area contributed by atoms with Crippen molar-refractivity contribution in [3.8, 4) is 0 Å². The highest BCUT2D eigenvalue weighted by Gasteiger charge is 2.15. The molecule has 4 nitrogen and oxygen atoms in total. The van der Waals surface area contributed by atoms with Gasteiger partial charge >= 0.3 is 6.16 Å². The van der Waals surface area contributed by atoms with Crippen molar-refractivity contribution in [3.63, 3.8) is 0 Å². The van der Waals surface area contributed by atoms with Gasteiger partial charge in [0.05, 0.1) is 0 Å². The number of ether oxygens (including phenoxy) is 1. The maximum absolute atomic E-state index is 11.0. The standard InChI is InChI=1S/C10H17NO3/c1-11-14-10(12)13-9-7-5-3-2-4-6-8-9/h2-3,9,11H,4-8H2,1H3/b3-2+. The zero-order chi connectivity index (χ0) is 10.2. The van der Waals surface area contributed by atoms with Crippen molar-refractivity contribution in [2.75, 3.05) is 7.05 Å². The van der Waals surface area contributed by atoms with E-state index in [1.807, 2.05) is 0 Å². The van der Waals surface area contributed by atoms with Crippen LogP contribution in [0.25, 0.3) is 0 Å². The molecule has 14 heavy (non-hydrogen) atoms. The highest BCUT2D eigenvalue weighted by molar-refractivity contribution is 5.59. The SMILES string of the molecule is CNOC(=O)OC1CC/C=C/CCC1. The number of hydrogen-bond donors (Lipinski definition) is 1. The summed E-state index contributed by atoms with van der Waals surface area (Å²) in [5, 5.41) is 0. The lowest BCUT2D eigenvalue weighted by molar-refractivity contribution is -0.00617. The minimum absolute atomic E-state index is 0.000741. The van der Waals surface area contributed by atoms with Gasteiger partial charge in [0.2, 0.25) is 0 Å². The van der Waals surface area contributed by atoms with E-state index in [0.717, 1.165) is 32.1 Å². The third-order valence-electron chi connectivity index (χ3n) is 2.17. The number of nitrogens with one attached hydrogen (secondary N) is 1. The second kappa shape index (κ2) is 6.43. The van der Waals surface area contributed by atoms with Gasteiger partial charge in [-0.3, -0.25) is 0 Å². The molecule has 0 aromatic rings. The van der Waals surface area contributed by atoms with Crippen molar-refractivity contribution in [1.29, 1.82) is 0 Å². The molecule has 0 aliphatic heterocycles. The quantitative estimate of drug-likeness (QED) is 0.420. The van der Waals surface area contributed by atoms with Crippen LogP contribution in [0.5, 0.6) is 0 Å². The molecule has 1 unspecified atom stereocenters. The normalized spacial score (nSPS) is 24.5. The van der Waals surface area contributed by atoms with Crippen LogP contribution in [0.2, 0.25) is 0 Å². The predicted molar refractivity (Wildman–Crippen MR) is 52.6 cm³/mol. The summed E-state index contributed by atoms with van der Waals surface area (Å²) >= 11 is 0. The molecule has 0 fully saturated rings. The van der Waals surface area contributed by atoms with Crippen molar-refractivity contribution in [1.82, 2.24) is 5.48 Å². The van der Waals surface area contributed by atoms with Gasteiger partial charge in [-0.1, -0.05) is 12.2 Å². The molecule has 1 aliphatic carbocycles. The van der Waals surface area contributed by atoms with Crippen molar-refractivity contribution in [2.24, 2.45) is 0 Å². The molecule has 80 valence electrons. The molecule has 1 atom stereocenters. The number of allylic oxidation sites excluding steroid dienone is 2. The molecular weight excluding hydrogens is 182 g/mol. The van der Waals surface area contributed by atoms with Crippen LogP contribution >= 0.6 is 0 Å². The predicted octanol–water partition coefficient (Wildman–Crippen LogP) is 2.16. The third kappa shape index (κ3) is 4.28. The Labute approximate surface area is 84.2 Å². The van der Waals surface area contributed by atoms with Crippen LogP contribution in [0.15, 0.2) is 12.2 Å². The van der Waals surface area contributed by atoms with Gasteiger partial charge in [-0.2, -0.15) is 5.48 Å². The summed E-state index contributed by atoms with van der Waals surface area (Å²) in [5.41, 5.74) is 2.30. The molecule has 0 amide bonds. The Kier molecular flexibility index (Phi) is 5.07. The highest BCUT2D eigenvalue weighted by Crippen LogP contribution is 2.15. The number of rotatable bonds is 2. The number of carbonyl (C=O) groups excluding carboxylic acids is 1. The first-order valence-electron chi connectivity index (χ1n) is 5.02. The molecule has 0 spiro atoms. The largest absolute Gasteiger partial charge is 0.527 e. The van der Waals surface area contributed by atoms with Gasteiger partial charge in [0, 0.05) is 7.05 Å². The average Bonchev–Trinajstić information content (AvgIpc) is 2.10. The van der Waals surface area contributed by atoms with E-state index >= 15 is 0 Å². The van der Waals surface area contributed by atoms with Crippen LogP contribution in [0.3, 0.4) is 0 Å². The van der Waals surface area contributed by atoms with Crippen LogP contribution in [0, 0.1) is 0 Å². The Bertz CT molecular complexity index is 204. The Balaban J connectivity index is 2.27. The maximum atomic E-state index is 11.0. The van der Waals surface area contributed by atoms with Crippen molar-refractivity contribution >= 4 is 6.16 Å². The summed E-state index contributed by atoms with van der Waals surface area (Å²) in [6.07, 6.45) is 8.59. The van der Waals surface area contributed by atoms with Gasteiger partial charge in [-0.05, 0) is 32.1 Å². The van der Waals surface area contributed by atoms with E-state index in [0.29, 0.717) is 0 Å². The van der Waals surface area contributed by atoms with Crippen molar-refractivity contribution in [2.45, 2.75) is 38.2 Å². The van der Waals surface area contributed by atoms with Crippen LogP contribution in [0.1, 0.15) is 32.1 Å². The number of carbonyl (C=O) groups is 1. The van der Waals surface area contributed by atoms with E-state index in [-0.39, 0.29) is 6.10 Å². The first-order valence-corrected chi connectivity index (χ1v) is 5.02. The number of hydrogen-bond acceptors (Lipinski definition) is 4. The van der Waals surface area contributed by atoms with Crippen LogP contribution < -0.4 is 5.48 Å². The van der Waals surface area contributed by atoms with Gasteiger partial charge in [0.1, 0.15) is 6.10 Å². The molecule has 1 rings (SSSR count). The van der Waals surface area contributed by atoms with Crippen molar-refractivity contribution < 1.29 is 14.4 Å². The lowest BCUT2D eigenvalue weighted by Crippen LogP contribution is -2.23. The maximum Gasteiger partial charge on any atom is 0.527 e. The Morgan fingerprint density at radius 1 is 1.36 bits per heavy atom. The van der Waals surface area contributed by atoms with Crippen LogP contribution in [-0.2, 0) is 9.57 Å². The molecule has 0 radical (unpaired) electrons. The molecule has 1 N–H and O–H groups in total. The molecule has 0 saturated carbocycles. The molecule has 0 heterocycles. The van der Waals surface area contributed by atoms with Gasteiger partial charge in [-0.15, -0.1) is 0 Å². The monoisotopic (exact) mass is 199 g/mol. The van der Waals surface area contributed by atoms with E-state index in [4.69, 9.17) is 4.74 Å². The van der Waals surface area contributed by atoms with E-state index in [2.05, 4.69) is 22.5 Å². The van der Waals surface area contributed by atoms with Gasteiger partial charge in [0.25, 0.3) is 0 Å². The summed E-state index contributed by atoms with van der Waals surface area (Å²) in [6, 6.07) is 0. The number of hydroxylamine groups is 1. The molecular formula is C10H17NO3. The first kappa shape index (κ1) is 11.0. The fraction of sp³-hybridized carbons (Fsp3) is 0.700. The minimum Gasteiger partial charge on any atom is -0.430 e. The lowest BCUT2D eigenvalue weighted by Gasteiger charge is -2.17. The van der Waals surface area contributed by atoms with Crippen molar-refractivity contribution in [3.05, 3.63) is 12.2 Å². The van der Waals surface area contributed by atoms with Crippen LogP contribution in [0.4, 0.5) is 4.79 Å². The van der Waals surface area contributed by atoms with E-state index < -0.39 is 6.16 Å². The van der Waals surface area contributed by atoms with E-state index in [1.54, 1.807) is 0 Å². The fourth-order valence-electron chi connectivity index (χ4n) is 1.49. The molecule has 0 bridgehead atoms. The van der Waals surface area contributed by atoms with Gasteiger partial charge < -0.3 is 9.57 Å². The second-order valence-electron chi connectivity index (χ2n) is 3.28. The zero-order valence-corrected chi connectivity index (χ0v) is 8.49. The van der Waals surface area contributed by atoms with E-state index in [9.17, 15) is 4.79 Å². The summed E-state index contributed by atoms with van der Waals surface area (Å²) in [7, 11) is 1.53. The first-order chi connectivity index (χ1) is 6.83. The van der Waals surface area contributed by atoms with Gasteiger partial charge in [-0.25, -0.2) is 4.79 Å². The lowest BCUT2D eigenvalue weighted by atomic mass is 10.0. The molecule has 4 heteroatoms. The smallest absolute Gasteiger partial charge is 0.430 e. The average molecular weight is 199 g/mol. The Hall–Kier alpha value is -1.03. The molecule has 0 aromatic carbocycles. The highest BCUT2D eigenvalue weighted by atomic mass is 16.8. The second-order valence-corrected chi connectivity index (χ2v) is 3.28. The molecule has 0 saturated heterocycles. The van der Waals surface area contributed by atoms with Gasteiger partial charge in [0.15, 0.2) is 0 Å². The molecule has 0 aromatic heterocycles. The summed E-state index contributed by atoms with van der Waals surface area (Å²) in [6.45, 7) is 0. The summed E-state index contributed by atoms with van der Waals surface area (Å²) < 4.78 is 5.11. The summed E-state index contributed by atoms with van der Waals surface area (Å²) in [5.74, 6) is 0. The van der Waals surface area contributed by atoms with E-state index in [1.165, 1.54) is 7.05 Å². The third-order valence-corrected chi connectivity index (χ3v) is 2.17. The summed E-state index contributed by atoms with van der Waals surface area (Å²) in [4.78, 5) is 15.5. The fourth-order valence-corrected chi connectivity index (χ4v) is 1.49. The Morgan fingerprint density at radius 2 is 2.14 bits per heavy atom. The minimum atomic E-state index is -0.637.